The summed E-state index contributed by atoms with van der Waals surface area (Å²) in [6, 6.07) is 20.9. The summed E-state index contributed by atoms with van der Waals surface area (Å²) in [7, 11) is 0. The molecule has 4 rings (SSSR count). The number of para-hydroxylation sites is 1. The molecule has 1 aromatic heterocycles. The SMILES string of the molecule is O=C1/C(=C/c2cccs2)SC(=S)N1c1ccc(Oc2ccccc2)cc1. The maximum atomic E-state index is 12.7. The molecule has 0 aliphatic carbocycles. The van der Waals surface area contributed by atoms with Crippen molar-refractivity contribution < 1.29 is 9.53 Å². The minimum Gasteiger partial charge on any atom is -0.457 e. The highest BCUT2D eigenvalue weighted by Gasteiger charge is 2.33. The molecule has 2 aromatic carbocycles. The highest BCUT2D eigenvalue weighted by atomic mass is 32.2. The van der Waals surface area contributed by atoms with Crippen molar-refractivity contribution in [3.63, 3.8) is 0 Å². The molecule has 1 fully saturated rings. The van der Waals surface area contributed by atoms with Gasteiger partial charge in [0, 0.05) is 4.88 Å². The summed E-state index contributed by atoms with van der Waals surface area (Å²) in [5.41, 5.74) is 0.738. The molecule has 3 aromatic rings. The summed E-state index contributed by atoms with van der Waals surface area (Å²) in [5, 5.41) is 1.98. The van der Waals surface area contributed by atoms with Crippen LogP contribution in [0, 0.1) is 0 Å². The predicted molar refractivity (Wildman–Crippen MR) is 113 cm³/mol. The molecule has 6 heteroatoms. The molecule has 0 unspecified atom stereocenters. The van der Waals surface area contributed by atoms with E-state index in [-0.39, 0.29) is 5.91 Å². The van der Waals surface area contributed by atoms with Crippen LogP contribution in [0.25, 0.3) is 6.08 Å². The summed E-state index contributed by atoms with van der Waals surface area (Å²) in [4.78, 5) is 16.0. The fourth-order valence-corrected chi connectivity index (χ4v) is 4.50. The van der Waals surface area contributed by atoms with Gasteiger partial charge in [0.15, 0.2) is 4.32 Å². The summed E-state index contributed by atoms with van der Waals surface area (Å²) in [6.45, 7) is 0. The van der Waals surface area contributed by atoms with Crippen molar-refractivity contribution in [2.24, 2.45) is 0 Å². The molecule has 0 saturated carbocycles. The first-order valence-electron chi connectivity index (χ1n) is 7.85. The number of thiocarbonyl (C=S) groups is 1. The molecule has 0 spiro atoms. The van der Waals surface area contributed by atoms with Crippen molar-refractivity contribution in [1.29, 1.82) is 0 Å². The lowest BCUT2D eigenvalue weighted by molar-refractivity contribution is -0.113. The van der Waals surface area contributed by atoms with Crippen LogP contribution in [-0.2, 0) is 4.79 Å². The van der Waals surface area contributed by atoms with Crippen LogP contribution in [0.2, 0.25) is 0 Å². The van der Waals surface area contributed by atoms with Gasteiger partial charge in [-0.15, -0.1) is 11.3 Å². The standard InChI is InChI=1S/C20H13NO2S3/c22-19-18(13-17-7-4-12-25-17)26-20(24)21(19)14-8-10-16(11-9-14)23-15-5-2-1-3-6-15/h1-13H/b18-13-. The monoisotopic (exact) mass is 395 g/mol. The van der Waals surface area contributed by atoms with Gasteiger partial charge in [0.2, 0.25) is 0 Å². The number of carbonyl (C=O) groups excluding carboxylic acids is 1. The first kappa shape index (κ1) is 17.0. The minimum absolute atomic E-state index is 0.0925. The van der Waals surface area contributed by atoms with E-state index in [1.165, 1.54) is 11.8 Å². The Morgan fingerprint density at radius 2 is 1.65 bits per heavy atom. The normalized spacial score (nSPS) is 15.7. The predicted octanol–water partition coefficient (Wildman–Crippen LogP) is 5.95. The van der Waals surface area contributed by atoms with Gasteiger partial charge in [-0.2, -0.15) is 0 Å². The van der Waals surface area contributed by atoms with Gasteiger partial charge in [-0.3, -0.25) is 9.69 Å². The van der Waals surface area contributed by atoms with Gasteiger partial charge in [-0.05, 0) is 53.9 Å². The topological polar surface area (TPSA) is 29.5 Å². The largest absolute Gasteiger partial charge is 0.457 e. The van der Waals surface area contributed by atoms with E-state index in [1.807, 2.05) is 78.2 Å². The van der Waals surface area contributed by atoms with E-state index in [9.17, 15) is 4.79 Å². The first-order chi connectivity index (χ1) is 12.7. The number of hydrogen-bond acceptors (Lipinski definition) is 5. The zero-order valence-electron chi connectivity index (χ0n) is 13.5. The lowest BCUT2D eigenvalue weighted by atomic mass is 10.2. The Balaban J connectivity index is 1.54. The van der Waals surface area contributed by atoms with Gasteiger partial charge < -0.3 is 4.74 Å². The number of thiophene rings is 1. The average molecular weight is 396 g/mol. The molecule has 128 valence electrons. The number of thioether (sulfide) groups is 1. The van der Waals surface area contributed by atoms with Crippen LogP contribution in [-0.4, -0.2) is 10.2 Å². The second-order valence-corrected chi connectivity index (χ2v) is 8.10. The number of nitrogens with zero attached hydrogens (tertiary/aromatic N) is 1. The third-order valence-corrected chi connectivity index (χ3v) is 5.81. The van der Waals surface area contributed by atoms with Crippen molar-refractivity contribution >= 4 is 57.3 Å². The Labute approximate surface area is 164 Å². The zero-order chi connectivity index (χ0) is 17.9. The zero-order valence-corrected chi connectivity index (χ0v) is 15.9. The quantitative estimate of drug-likeness (QED) is 0.403. The van der Waals surface area contributed by atoms with Gasteiger partial charge in [0.25, 0.3) is 5.91 Å². The van der Waals surface area contributed by atoms with E-state index in [2.05, 4.69) is 0 Å². The second-order valence-electron chi connectivity index (χ2n) is 5.44. The summed E-state index contributed by atoms with van der Waals surface area (Å²) >= 11 is 8.33. The maximum Gasteiger partial charge on any atom is 0.270 e. The molecule has 0 radical (unpaired) electrons. The van der Waals surface area contributed by atoms with E-state index in [4.69, 9.17) is 17.0 Å². The molecular formula is C20H13NO2S3. The minimum atomic E-state index is -0.0925. The van der Waals surface area contributed by atoms with Crippen LogP contribution >= 0.6 is 35.3 Å². The maximum absolute atomic E-state index is 12.7. The number of anilines is 1. The Kier molecular flexibility index (Phi) is 4.88. The van der Waals surface area contributed by atoms with Crippen molar-refractivity contribution in [2.45, 2.75) is 0 Å². The van der Waals surface area contributed by atoms with Gasteiger partial charge >= 0.3 is 0 Å². The number of hydrogen-bond donors (Lipinski definition) is 0. The van der Waals surface area contributed by atoms with Crippen LogP contribution in [0.5, 0.6) is 11.5 Å². The molecule has 0 bridgehead atoms. The van der Waals surface area contributed by atoms with E-state index < -0.39 is 0 Å². The van der Waals surface area contributed by atoms with Crippen LogP contribution in [0.4, 0.5) is 5.69 Å². The number of ether oxygens (including phenoxy) is 1. The fraction of sp³-hybridized carbons (Fsp3) is 0. The lowest BCUT2D eigenvalue weighted by Crippen LogP contribution is -2.27. The molecule has 26 heavy (non-hydrogen) atoms. The van der Waals surface area contributed by atoms with Gasteiger partial charge in [0.05, 0.1) is 10.6 Å². The Morgan fingerprint density at radius 3 is 2.35 bits per heavy atom. The fourth-order valence-electron chi connectivity index (χ4n) is 2.48. The van der Waals surface area contributed by atoms with Crippen molar-refractivity contribution in [3.8, 4) is 11.5 Å². The van der Waals surface area contributed by atoms with E-state index >= 15 is 0 Å². The van der Waals surface area contributed by atoms with E-state index in [1.54, 1.807) is 16.2 Å². The molecule has 1 aliphatic heterocycles. The first-order valence-corrected chi connectivity index (χ1v) is 9.95. The summed E-state index contributed by atoms with van der Waals surface area (Å²) in [5.74, 6) is 1.38. The van der Waals surface area contributed by atoms with Crippen LogP contribution in [0.15, 0.2) is 77.0 Å². The van der Waals surface area contributed by atoms with Crippen LogP contribution in [0.3, 0.4) is 0 Å². The third-order valence-electron chi connectivity index (χ3n) is 3.68. The van der Waals surface area contributed by atoms with Crippen molar-refractivity contribution in [3.05, 3.63) is 81.9 Å². The Bertz CT molecular complexity index is 964. The van der Waals surface area contributed by atoms with Gasteiger partial charge in [-0.25, -0.2) is 0 Å². The molecule has 1 amide bonds. The summed E-state index contributed by atoms with van der Waals surface area (Å²) < 4.78 is 6.33. The summed E-state index contributed by atoms with van der Waals surface area (Å²) in [6.07, 6.45) is 1.89. The number of carbonyl (C=O) groups is 1. The van der Waals surface area contributed by atoms with Crippen LogP contribution < -0.4 is 9.64 Å². The van der Waals surface area contributed by atoms with E-state index in [0.29, 0.717) is 15.0 Å². The molecule has 3 nitrogen and oxygen atoms in total. The highest BCUT2D eigenvalue weighted by molar-refractivity contribution is 8.27. The average Bonchev–Trinajstić information content (AvgIpc) is 3.26. The third kappa shape index (κ3) is 3.58. The van der Waals surface area contributed by atoms with Crippen LogP contribution in [0.1, 0.15) is 4.88 Å². The van der Waals surface area contributed by atoms with E-state index in [0.717, 1.165) is 16.3 Å². The number of benzene rings is 2. The Morgan fingerprint density at radius 1 is 0.923 bits per heavy atom. The molecule has 1 aliphatic rings. The Hall–Kier alpha value is -2.41. The molecule has 0 atom stereocenters. The smallest absolute Gasteiger partial charge is 0.270 e. The molecule has 0 N–H and O–H groups in total. The van der Waals surface area contributed by atoms with Gasteiger partial charge in [0.1, 0.15) is 11.5 Å². The molecule has 1 saturated heterocycles. The second kappa shape index (κ2) is 7.45. The molecule has 2 heterocycles. The lowest BCUT2D eigenvalue weighted by Gasteiger charge is -2.15. The highest BCUT2D eigenvalue weighted by Crippen LogP contribution is 2.37. The van der Waals surface area contributed by atoms with Crippen molar-refractivity contribution in [1.82, 2.24) is 0 Å². The molecular weight excluding hydrogens is 382 g/mol. The number of amides is 1. The van der Waals surface area contributed by atoms with Crippen molar-refractivity contribution in [2.75, 3.05) is 4.90 Å². The van der Waals surface area contributed by atoms with Gasteiger partial charge in [-0.1, -0.05) is 48.2 Å². The number of rotatable bonds is 4.